The van der Waals surface area contributed by atoms with Crippen LogP contribution in [0, 0.1) is 0 Å². The van der Waals surface area contributed by atoms with Crippen LogP contribution in [0.4, 0.5) is 5.69 Å². The third-order valence-electron chi connectivity index (χ3n) is 4.13. The number of hydrazone groups is 1. The van der Waals surface area contributed by atoms with E-state index in [0.717, 1.165) is 24.3 Å². The van der Waals surface area contributed by atoms with Crippen molar-refractivity contribution in [3.05, 3.63) is 29.8 Å². The van der Waals surface area contributed by atoms with E-state index in [1.165, 1.54) is 5.01 Å². The van der Waals surface area contributed by atoms with Crippen molar-refractivity contribution in [1.82, 2.24) is 9.91 Å². The average molecular weight is 300 g/mol. The predicted octanol–water partition coefficient (Wildman–Crippen LogP) is 1.07. The zero-order valence-electron chi connectivity index (χ0n) is 13.0. The molecule has 0 aliphatic carbocycles. The van der Waals surface area contributed by atoms with Gasteiger partial charge in [-0.15, -0.1) is 0 Å². The largest absolute Gasteiger partial charge is 0.306 e. The second-order valence-corrected chi connectivity index (χ2v) is 5.79. The molecule has 0 aromatic heterocycles. The molecular formula is C16H20N4O2. The Morgan fingerprint density at radius 3 is 2.68 bits per heavy atom. The molecule has 2 heterocycles. The summed E-state index contributed by atoms with van der Waals surface area (Å²) in [6, 6.07) is 7.97. The van der Waals surface area contributed by atoms with Gasteiger partial charge in [0, 0.05) is 45.2 Å². The quantitative estimate of drug-likeness (QED) is 0.779. The van der Waals surface area contributed by atoms with Crippen LogP contribution in [0.15, 0.2) is 29.4 Å². The van der Waals surface area contributed by atoms with Gasteiger partial charge < -0.3 is 9.80 Å². The molecule has 116 valence electrons. The Balaban J connectivity index is 1.92. The van der Waals surface area contributed by atoms with Crippen LogP contribution in [-0.2, 0) is 16.1 Å². The number of rotatable bonds is 1. The number of benzene rings is 1. The van der Waals surface area contributed by atoms with Crippen molar-refractivity contribution in [3.63, 3.8) is 0 Å². The monoisotopic (exact) mass is 300 g/mol. The molecule has 6 heteroatoms. The van der Waals surface area contributed by atoms with Gasteiger partial charge >= 0.3 is 0 Å². The van der Waals surface area contributed by atoms with E-state index in [0.29, 0.717) is 25.1 Å². The maximum absolute atomic E-state index is 12.9. The lowest BCUT2D eigenvalue weighted by Gasteiger charge is -2.26. The number of likely N-dealkylation sites (N-methyl/N-ethyl adjacent to an activating group) is 1. The van der Waals surface area contributed by atoms with Gasteiger partial charge in [0.15, 0.2) is 0 Å². The molecule has 0 saturated carbocycles. The molecule has 1 aromatic rings. The first-order valence-electron chi connectivity index (χ1n) is 7.48. The average Bonchev–Trinajstić information content (AvgIpc) is 2.67. The van der Waals surface area contributed by atoms with E-state index >= 15 is 0 Å². The summed E-state index contributed by atoms with van der Waals surface area (Å²) in [7, 11) is 3.65. The van der Waals surface area contributed by atoms with Gasteiger partial charge in [0.2, 0.25) is 5.91 Å². The molecule has 0 spiro atoms. The van der Waals surface area contributed by atoms with Gasteiger partial charge in [-0.3, -0.25) is 9.59 Å². The first-order valence-corrected chi connectivity index (χ1v) is 7.48. The summed E-state index contributed by atoms with van der Waals surface area (Å²) in [4.78, 5) is 28.4. The van der Waals surface area contributed by atoms with Gasteiger partial charge in [-0.1, -0.05) is 18.2 Å². The third-order valence-corrected chi connectivity index (χ3v) is 4.13. The van der Waals surface area contributed by atoms with Gasteiger partial charge in [-0.05, 0) is 18.7 Å². The van der Waals surface area contributed by atoms with Crippen molar-refractivity contribution in [1.29, 1.82) is 0 Å². The van der Waals surface area contributed by atoms with Crippen LogP contribution >= 0.6 is 0 Å². The fourth-order valence-electron chi connectivity index (χ4n) is 2.86. The number of amides is 2. The van der Waals surface area contributed by atoms with Crippen LogP contribution in [0.5, 0.6) is 0 Å². The third kappa shape index (κ3) is 2.74. The zero-order valence-corrected chi connectivity index (χ0v) is 13.0. The molecule has 0 N–H and O–H groups in total. The van der Waals surface area contributed by atoms with E-state index in [1.807, 2.05) is 18.2 Å². The summed E-state index contributed by atoms with van der Waals surface area (Å²) in [5, 5.41) is 5.43. The van der Waals surface area contributed by atoms with Crippen LogP contribution < -0.4 is 4.90 Å². The molecule has 1 aromatic carbocycles. The normalized spacial score (nSPS) is 19.5. The van der Waals surface area contributed by atoms with Gasteiger partial charge in [-0.2, -0.15) is 5.10 Å². The van der Waals surface area contributed by atoms with Crippen LogP contribution in [0.25, 0.3) is 0 Å². The minimum Gasteiger partial charge on any atom is -0.306 e. The summed E-state index contributed by atoms with van der Waals surface area (Å²) in [5.74, 6) is -0.144. The lowest BCUT2D eigenvalue weighted by molar-refractivity contribution is -0.130. The molecule has 0 bridgehead atoms. The number of fused-ring (bicyclic) bond motifs is 1. The van der Waals surface area contributed by atoms with Gasteiger partial charge in [0.05, 0.1) is 0 Å². The van der Waals surface area contributed by atoms with Crippen LogP contribution in [0.1, 0.15) is 18.4 Å². The molecule has 3 rings (SSSR count). The molecule has 0 saturated heterocycles. The molecular weight excluding hydrogens is 280 g/mol. The number of carbonyl (C=O) groups excluding carboxylic acids is 2. The van der Waals surface area contributed by atoms with Gasteiger partial charge in [-0.25, -0.2) is 5.01 Å². The first-order chi connectivity index (χ1) is 10.6. The standard InChI is InChI=1S/C16H20N4O2/c1-18-9-10-20(14-6-4-3-5-12(14)11-18)16(22)13-7-8-15(21)19(2)17-13/h3-6H,7-11H2,1-2H3. The van der Waals surface area contributed by atoms with Crippen LogP contribution in [-0.4, -0.2) is 54.6 Å². The maximum Gasteiger partial charge on any atom is 0.274 e. The van der Waals surface area contributed by atoms with E-state index in [9.17, 15) is 9.59 Å². The maximum atomic E-state index is 12.9. The second kappa shape index (κ2) is 5.88. The number of para-hydroxylation sites is 1. The Kier molecular flexibility index (Phi) is 3.94. The summed E-state index contributed by atoms with van der Waals surface area (Å²) < 4.78 is 0. The van der Waals surface area contributed by atoms with Crippen molar-refractivity contribution in [2.45, 2.75) is 19.4 Å². The molecule has 22 heavy (non-hydrogen) atoms. The smallest absolute Gasteiger partial charge is 0.274 e. The summed E-state index contributed by atoms with van der Waals surface area (Å²) in [5.41, 5.74) is 2.54. The molecule has 2 aliphatic rings. The van der Waals surface area contributed by atoms with Crippen molar-refractivity contribution in [2.24, 2.45) is 5.10 Å². The van der Waals surface area contributed by atoms with E-state index in [4.69, 9.17) is 0 Å². The highest BCUT2D eigenvalue weighted by Gasteiger charge is 2.29. The molecule has 0 fully saturated rings. The fourth-order valence-corrected chi connectivity index (χ4v) is 2.86. The number of hydrogen-bond acceptors (Lipinski definition) is 4. The SMILES string of the molecule is CN1CCN(C(=O)C2=NN(C)C(=O)CC2)c2ccccc2C1. The summed E-state index contributed by atoms with van der Waals surface area (Å²) in [6.07, 6.45) is 0.757. The zero-order chi connectivity index (χ0) is 15.7. The fraction of sp³-hybridized carbons (Fsp3) is 0.438. The number of hydrogen-bond donors (Lipinski definition) is 0. The summed E-state index contributed by atoms with van der Waals surface area (Å²) >= 11 is 0. The van der Waals surface area contributed by atoms with Gasteiger partial charge in [0.1, 0.15) is 5.71 Å². The van der Waals surface area contributed by atoms with Crippen molar-refractivity contribution < 1.29 is 9.59 Å². The van der Waals surface area contributed by atoms with E-state index < -0.39 is 0 Å². The Morgan fingerprint density at radius 1 is 1.14 bits per heavy atom. The molecule has 0 unspecified atom stereocenters. The Labute approximate surface area is 130 Å². The minimum absolute atomic E-state index is 0.0486. The van der Waals surface area contributed by atoms with Crippen molar-refractivity contribution >= 4 is 23.2 Å². The number of carbonyl (C=O) groups is 2. The lowest BCUT2D eigenvalue weighted by atomic mass is 10.1. The highest BCUT2D eigenvalue weighted by molar-refractivity contribution is 6.44. The topological polar surface area (TPSA) is 56.2 Å². The van der Waals surface area contributed by atoms with Crippen LogP contribution in [0.3, 0.4) is 0 Å². The minimum atomic E-state index is -0.0953. The molecule has 2 aliphatic heterocycles. The molecule has 6 nitrogen and oxygen atoms in total. The number of nitrogens with zero attached hydrogens (tertiary/aromatic N) is 4. The van der Waals surface area contributed by atoms with E-state index in [2.05, 4.69) is 23.1 Å². The lowest BCUT2D eigenvalue weighted by Crippen LogP contribution is -2.42. The van der Waals surface area contributed by atoms with Crippen molar-refractivity contribution in [2.75, 3.05) is 32.1 Å². The van der Waals surface area contributed by atoms with Crippen molar-refractivity contribution in [3.8, 4) is 0 Å². The predicted molar refractivity (Wildman–Crippen MR) is 84.6 cm³/mol. The summed E-state index contributed by atoms with van der Waals surface area (Å²) in [6.45, 7) is 2.26. The Hall–Kier alpha value is -2.21. The van der Waals surface area contributed by atoms with Gasteiger partial charge in [0.25, 0.3) is 5.91 Å². The molecule has 0 atom stereocenters. The highest BCUT2D eigenvalue weighted by Crippen LogP contribution is 2.25. The Bertz CT molecular complexity index is 641. The molecule has 0 radical (unpaired) electrons. The Morgan fingerprint density at radius 2 is 1.91 bits per heavy atom. The van der Waals surface area contributed by atoms with E-state index in [1.54, 1.807) is 11.9 Å². The van der Waals surface area contributed by atoms with Crippen LogP contribution in [0.2, 0.25) is 0 Å². The first kappa shape index (κ1) is 14.7. The second-order valence-electron chi connectivity index (χ2n) is 5.79. The van der Waals surface area contributed by atoms with E-state index in [-0.39, 0.29) is 11.8 Å². The highest BCUT2D eigenvalue weighted by atomic mass is 16.2. The molecule has 2 amide bonds. The number of anilines is 1.